The van der Waals surface area contributed by atoms with E-state index in [4.69, 9.17) is 28.4 Å². The molecule has 0 spiro atoms. The summed E-state index contributed by atoms with van der Waals surface area (Å²) in [6.07, 6.45) is -1.11. The highest BCUT2D eigenvalue weighted by Crippen LogP contribution is 2.09. The molecule has 0 aromatic rings. The van der Waals surface area contributed by atoms with Gasteiger partial charge in [-0.3, -0.25) is 0 Å². The molecule has 0 amide bonds. The van der Waals surface area contributed by atoms with Gasteiger partial charge < -0.3 is 38.6 Å². The fourth-order valence-corrected chi connectivity index (χ4v) is 1.79. The molecule has 5 unspecified atom stereocenters. The summed E-state index contributed by atoms with van der Waals surface area (Å²) in [5.74, 6) is 0. The first-order chi connectivity index (χ1) is 11.1. The Morgan fingerprint density at radius 3 is 1.83 bits per heavy atom. The van der Waals surface area contributed by atoms with Gasteiger partial charge in [-0.1, -0.05) is 0 Å². The Labute approximate surface area is 136 Å². The first-order valence-corrected chi connectivity index (χ1v) is 8.07. The van der Waals surface area contributed by atoms with Crippen molar-refractivity contribution in [3.05, 3.63) is 0 Å². The Bertz CT molecular complexity index is 308. The number of aliphatic hydroxyl groups excluding tert-OH is 2. The molecule has 8 heteroatoms. The normalized spacial score (nSPS) is 26.7. The molecule has 0 aliphatic carbocycles. The summed E-state index contributed by atoms with van der Waals surface area (Å²) in [6.45, 7) is 5.54. The summed E-state index contributed by atoms with van der Waals surface area (Å²) in [4.78, 5) is 0. The van der Waals surface area contributed by atoms with Crippen LogP contribution in [0.5, 0.6) is 0 Å². The molecule has 0 bridgehead atoms. The molecule has 2 N–H and O–H groups in total. The first-order valence-electron chi connectivity index (χ1n) is 8.07. The third kappa shape index (κ3) is 10.2. The van der Waals surface area contributed by atoms with Gasteiger partial charge in [0, 0.05) is 0 Å². The number of hydrogen-bond acceptors (Lipinski definition) is 8. The largest absolute Gasteiger partial charge is 0.388 e. The average Bonchev–Trinajstić information content (AvgIpc) is 3.39. The molecule has 2 rings (SSSR count). The lowest BCUT2D eigenvalue weighted by Crippen LogP contribution is -2.29. The summed E-state index contributed by atoms with van der Waals surface area (Å²) in [6, 6.07) is 0. The second-order valence-electron chi connectivity index (χ2n) is 5.97. The smallest absolute Gasteiger partial charge is 0.104 e. The van der Waals surface area contributed by atoms with Crippen LogP contribution in [0.15, 0.2) is 0 Å². The molecule has 2 heterocycles. The summed E-state index contributed by atoms with van der Waals surface area (Å²) >= 11 is 0. The standard InChI is InChI=1S/C15H28O8/c1-11(21-6-13(17)5-20-8-15-10-23-15)2-18-3-12(16)4-19-7-14-9-22-14/h11-17H,2-10H2,1H3. The minimum Gasteiger partial charge on any atom is -0.388 e. The zero-order valence-corrected chi connectivity index (χ0v) is 13.6. The van der Waals surface area contributed by atoms with Crippen molar-refractivity contribution in [2.24, 2.45) is 0 Å². The van der Waals surface area contributed by atoms with Crippen molar-refractivity contribution in [2.75, 3.05) is 59.5 Å². The fraction of sp³-hybridized carbons (Fsp3) is 1.00. The molecular weight excluding hydrogens is 308 g/mol. The van der Waals surface area contributed by atoms with Gasteiger partial charge in [0.15, 0.2) is 0 Å². The summed E-state index contributed by atoms with van der Waals surface area (Å²) in [5, 5.41) is 19.4. The van der Waals surface area contributed by atoms with E-state index in [1.54, 1.807) is 0 Å². The summed E-state index contributed by atoms with van der Waals surface area (Å²) in [7, 11) is 0. The van der Waals surface area contributed by atoms with Crippen LogP contribution in [-0.4, -0.2) is 100 Å². The second kappa shape index (κ2) is 10.5. The van der Waals surface area contributed by atoms with Gasteiger partial charge in [0.25, 0.3) is 0 Å². The summed E-state index contributed by atoms with van der Waals surface area (Å²) in [5.41, 5.74) is 0. The maximum Gasteiger partial charge on any atom is 0.104 e. The molecule has 136 valence electrons. The first kappa shape index (κ1) is 19.0. The van der Waals surface area contributed by atoms with Crippen LogP contribution in [0.2, 0.25) is 0 Å². The molecule has 23 heavy (non-hydrogen) atoms. The van der Waals surface area contributed by atoms with Crippen LogP contribution < -0.4 is 0 Å². The van der Waals surface area contributed by atoms with Gasteiger partial charge >= 0.3 is 0 Å². The zero-order valence-electron chi connectivity index (χ0n) is 13.6. The lowest BCUT2D eigenvalue weighted by molar-refractivity contribution is -0.0776. The van der Waals surface area contributed by atoms with Crippen LogP contribution in [0.4, 0.5) is 0 Å². The fourth-order valence-electron chi connectivity index (χ4n) is 1.79. The minimum atomic E-state index is -0.667. The number of hydrogen-bond donors (Lipinski definition) is 2. The van der Waals surface area contributed by atoms with E-state index in [1.165, 1.54) is 0 Å². The highest BCUT2D eigenvalue weighted by molar-refractivity contribution is 4.68. The van der Waals surface area contributed by atoms with E-state index in [0.29, 0.717) is 19.8 Å². The lowest BCUT2D eigenvalue weighted by atomic mass is 10.3. The highest BCUT2D eigenvalue weighted by atomic mass is 16.6. The van der Waals surface area contributed by atoms with Crippen molar-refractivity contribution in [3.63, 3.8) is 0 Å². The van der Waals surface area contributed by atoms with Gasteiger partial charge in [0.05, 0.1) is 65.6 Å². The van der Waals surface area contributed by atoms with Crippen LogP contribution in [0.25, 0.3) is 0 Å². The van der Waals surface area contributed by atoms with E-state index in [9.17, 15) is 10.2 Å². The van der Waals surface area contributed by atoms with E-state index in [0.717, 1.165) is 13.2 Å². The molecule has 2 saturated heterocycles. The van der Waals surface area contributed by atoms with Crippen LogP contribution >= 0.6 is 0 Å². The number of aliphatic hydroxyl groups is 2. The highest BCUT2D eigenvalue weighted by Gasteiger charge is 2.23. The van der Waals surface area contributed by atoms with Gasteiger partial charge in [-0.2, -0.15) is 0 Å². The van der Waals surface area contributed by atoms with Gasteiger partial charge in [-0.15, -0.1) is 0 Å². The lowest BCUT2D eigenvalue weighted by Gasteiger charge is -2.18. The van der Waals surface area contributed by atoms with Crippen LogP contribution in [0.1, 0.15) is 6.92 Å². The van der Waals surface area contributed by atoms with Gasteiger partial charge in [0.2, 0.25) is 0 Å². The van der Waals surface area contributed by atoms with Crippen molar-refractivity contribution >= 4 is 0 Å². The van der Waals surface area contributed by atoms with Gasteiger partial charge in [-0.25, -0.2) is 0 Å². The van der Waals surface area contributed by atoms with E-state index < -0.39 is 12.2 Å². The van der Waals surface area contributed by atoms with Gasteiger partial charge in [0.1, 0.15) is 24.4 Å². The molecule has 2 aliphatic heterocycles. The second-order valence-corrected chi connectivity index (χ2v) is 5.97. The molecule has 0 saturated carbocycles. The number of epoxide rings is 2. The van der Waals surface area contributed by atoms with Crippen molar-refractivity contribution in [2.45, 2.75) is 37.4 Å². The van der Waals surface area contributed by atoms with E-state index in [1.807, 2.05) is 6.92 Å². The molecule has 0 aromatic heterocycles. The quantitative estimate of drug-likeness (QED) is 0.366. The van der Waals surface area contributed by atoms with E-state index >= 15 is 0 Å². The topological polar surface area (TPSA) is 102 Å². The van der Waals surface area contributed by atoms with Crippen molar-refractivity contribution < 1.29 is 38.6 Å². The SMILES string of the molecule is CC(COCC(O)COCC1CO1)OCC(O)COCC1CO1. The van der Waals surface area contributed by atoms with E-state index in [2.05, 4.69) is 0 Å². The predicted octanol–water partition coefficient (Wildman–Crippen LogP) is -1.04. The van der Waals surface area contributed by atoms with Crippen LogP contribution in [0, 0.1) is 0 Å². The molecule has 0 radical (unpaired) electrons. The van der Waals surface area contributed by atoms with Crippen LogP contribution in [0.3, 0.4) is 0 Å². The molecule has 2 fully saturated rings. The van der Waals surface area contributed by atoms with Crippen molar-refractivity contribution in [1.82, 2.24) is 0 Å². The van der Waals surface area contributed by atoms with E-state index in [-0.39, 0.29) is 44.7 Å². The Hall–Kier alpha value is -0.320. The van der Waals surface area contributed by atoms with Crippen molar-refractivity contribution in [1.29, 1.82) is 0 Å². The minimum absolute atomic E-state index is 0.176. The Morgan fingerprint density at radius 1 is 0.826 bits per heavy atom. The Morgan fingerprint density at radius 2 is 1.30 bits per heavy atom. The molecule has 8 nitrogen and oxygen atoms in total. The maximum atomic E-state index is 9.69. The third-order valence-corrected chi connectivity index (χ3v) is 3.27. The Balaban J connectivity index is 1.36. The molecule has 0 aromatic carbocycles. The summed E-state index contributed by atoms with van der Waals surface area (Å²) < 4.78 is 31.4. The maximum absolute atomic E-state index is 9.69. The van der Waals surface area contributed by atoms with Gasteiger partial charge in [-0.05, 0) is 6.92 Å². The molecule has 2 aliphatic rings. The molecule has 5 atom stereocenters. The molecular formula is C15H28O8. The average molecular weight is 336 g/mol. The monoisotopic (exact) mass is 336 g/mol. The third-order valence-electron chi connectivity index (χ3n) is 3.27. The zero-order chi connectivity index (χ0) is 16.5. The number of ether oxygens (including phenoxy) is 6. The van der Waals surface area contributed by atoms with Crippen LogP contribution in [-0.2, 0) is 28.4 Å². The predicted molar refractivity (Wildman–Crippen MR) is 79.4 cm³/mol. The number of rotatable bonds is 15. The van der Waals surface area contributed by atoms with Crippen molar-refractivity contribution in [3.8, 4) is 0 Å². The Kier molecular flexibility index (Phi) is 8.70.